The standard InChI is InChI=1S/C13H19BrN4O/c1-17-7-9-18(10-8-17)6-5-16-13(19)11-3-2-4-15-12(11)14/h2-4H,5-10H2,1H3,(H,16,19). The minimum atomic E-state index is -0.0749. The molecule has 0 atom stereocenters. The smallest absolute Gasteiger partial charge is 0.254 e. The molecular weight excluding hydrogens is 308 g/mol. The van der Waals surface area contributed by atoms with E-state index in [4.69, 9.17) is 0 Å². The number of halogens is 1. The van der Waals surface area contributed by atoms with E-state index < -0.39 is 0 Å². The van der Waals surface area contributed by atoms with Crippen LogP contribution in [-0.2, 0) is 0 Å². The van der Waals surface area contributed by atoms with Crippen LogP contribution in [0.1, 0.15) is 10.4 Å². The summed E-state index contributed by atoms with van der Waals surface area (Å²) in [6.07, 6.45) is 1.66. The molecule has 1 aliphatic rings. The van der Waals surface area contributed by atoms with Crippen LogP contribution in [0.15, 0.2) is 22.9 Å². The SMILES string of the molecule is CN1CCN(CCNC(=O)c2cccnc2Br)CC1. The molecule has 2 rings (SSSR count). The molecule has 0 saturated carbocycles. The van der Waals surface area contributed by atoms with E-state index >= 15 is 0 Å². The maximum atomic E-state index is 12.0. The van der Waals surface area contributed by atoms with Gasteiger partial charge in [-0.15, -0.1) is 0 Å². The number of piperazine rings is 1. The zero-order chi connectivity index (χ0) is 13.7. The van der Waals surface area contributed by atoms with E-state index in [0.29, 0.717) is 16.7 Å². The molecule has 1 amide bonds. The number of carbonyl (C=O) groups is 1. The van der Waals surface area contributed by atoms with Crippen LogP contribution in [-0.4, -0.2) is 67.0 Å². The van der Waals surface area contributed by atoms with Crippen molar-refractivity contribution in [2.45, 2.75) is 0 Å². The highest BCUT2D eigenvalue weighted by Crippen LogP contribution is 2.11. The molecule has 2 heterocycles. The van der Waals surface area contributed by atoms with E-state index in [9.17, 15) is 4.79 Å². The van der Waals surface area contributed by atoms with Crippen molar-refractivity contribution in [2.24, 2.45) is 0 Å². The Balaban J connectivity index is 1.74. The van der Waals surface area contributed by atoms with Gasteiger partial charge in [-0.25, -0.2) is 4.98 Å². The van der Waals surface area contributed by atoms with Gasteiger partial charge in [-0.1, -0.05) is 0 Å². The molecule has 1 aliphatic heterocycles. The lowest BCUT2D eigenvalue weighted by atomic mass is 10.2. The molecule has 1 saturated heterocycles. The van der Waals surface area contributed by atoms with Crippen LogP contribution in [0.2, 0.25) is 0 Å². The number of likely N-dealkylation sites (N-methyl/N-ethyl adjacent to an activating group) is 1. The van der Waals surface area contributed by atoms with E-state index in [0.717, 1.165) is 32.7 Å². The largest absolute Gasteiger partial charge is 0.351 e. The van der Waals surface area contributed by atoms with Crippen molar-refractivity contribution >= 4 is 21.8 Å². The summed E-state index contributed by atoms with van der Waals surface area (Å²) in [7, 11) is 2.14. The summed E-state index contributed by atoms with van der Waals surface area (Å²) in [6, 6.07) is 3.53. The second kappa shape index (κ2) is 6.98. The molecule has 1 fully saturated rings. The Hall–Kier alpha value is -0.980. The van der Waals surface area contributed by atoms with Gasteiger partial charge in [-0.05, 0) is 35.1 Å². The van der Waals surface area contributed by atoms with Gasteiger partial charge in [0.25, 0.3) is 5.91 Å². The third-order valence-corrected chi connectivity index (χ3v) is 3.95. The molecule has 1 N–H and O–H groups in total. The average Bonchev–Trinajstić information content (AvgIpc) is 2.41. The summed E-state index contributed by atoms with van der Waals surface area (Å²) in [6.45, 7) is 5.91. The van der Waals surface area contributed by atoms with Crippen molar-refractivity contribution in [3.8, 4) is 0 Å². The van der Waals surface area contributed by atoms with E-state index in [1.807, 2.05) is 0 Å². The zero-order valence-corrected chi connectivity index (χ0v) is 12.7. The monoisotopic (exact) mass is 326 g/mol. The van der Waals surface area contributed by atoms with Gasteiger partial charge in [-0.3, -0.25) is 9.69 Å². The molecule has 1 aromatic heterocycles. The number of hydrogen-bond acceptors (Lipinski definition) is 4. The van der Waals surface area contributed by atoms with Crippen molar-refractivity contribution in [1.29, 1.82) is 0 Å². The summed E-state index contributed by atoms with van der Waals surface area (Å²) >= 11 is 3.28. The molecule has 19 heavy (non-hydrogen) atoms. The summed E-state index contributed by atoms with van der Waals surface area (Å²) in [5.74, 6) is -0.0749. The quantitative estimate of drug-likeness (QED) is 0.832. The van der Waals surface area contributed by atoms with Gasteiger partial charge < -0.3 is 10.2 Å². The number of hydrogen-bond donors (Lipinski definition) is 1. The van der Waals surface area contributed by atoms with Crippen molar-refractivity contribution in [3.05, 3.63) is 28.5 Å². The molecule has 0 aliphatic carbocycles. The third-order valence-electron chi connectivity index (χ3n) is 3.31. The Labute approximate surface area is 122 Å². The first-order valence-electron chi connectivity index (χ1n) is 6.46. The molecule has 1 aromatic rings. The summed E-state index contributed by atoms with van der Waals surface area (Å²) in [5.41, 5.74) is 0.584. The second-order valence-corrected chi connectivity index (χ2v) is 5.49. The van der Waals surface area contributed by atoms with Gasteiger partial charge >= 0.3 is 0 Å². The number of aromatic nitrogens is 1. The Morgan fingerprint density at radius 1 is 1.42 bits per heavy atom. The number of rotatable bonds is 4. The Bertz CT molecular complexity index is 432. The van der Waals surface area contributed by atoms with Crippen LogP contribution in [0, 0.1) is 0 Å². The highest BCUT2D eigenvalue weighted by Gasteiger charge is 2.14. The van der Waals surface area contributed by atoms with Gasteiger partial charge in [0.05, 0.1) is 5.56 Å². The van der Waals surface area contributed by atoms with Crippen molar-refractivity contribution in [2.75, 3.05) is 46.3 Å². The van der Waals surface area contributed by atoms with Crippen molar-refractivity contribution < 1.29 is 4.79 Å². The van der Waals surface area contributed by atoms with Crippen LogP contribution in [0.5, 0.6) is 0 Å². The van der Waals surface area contributed by atoms with E-state index in [2.05, 4.69) is 43.1 Å². The number of pyridine rings is 1. The predicted octanol–water partition coefficient (Wildman–Crippen LogP) is 0.821. The zero-order valence-electron chi connectivity index (χ0n) is 11.1. The van der Waals surface area contributed by atoms with E-state index in [1.54, 1.807) is 18.3 Å². The molecule has 0 bridgehead atoms. The molecule has 0 unspecified atom stereocenters. The highest BCUT2D eigenvalue weighted by molar-refractivity contribution is 9.10. The van der Waals surface area contributed by atoms with Crippen LogP contribution in [0.4, 0.5) is 0 Å². The molecule has 0 aromatic carbocycles. The summed E-state index contributed by atoms with van der Waals surface area (Å²) in [5, 5.41) is 2.93. The van der Waals surface area contributed by atoms with Gasteiger partial charge in [0.15, 0.2) is 0 Å². The third kappa shape index (κ3) is 4.26. The van der Waals surface area contributed by atoms with Crippen molar-refractivity contribution in [3.63, 3.8) is 0 Å². The number of nitrogens with one attached hydrogen (secondary N) is 1. The maximum absolute atomic E-state index is 12.0. The fourth-order valence-corrected chi connectivity index (χ4v) is 2.48. The van der Waals surface area contributed by atoms with Gasteiger partial charge in [0, 0.05) is 45.5 Å². The number of carbonyl (C=O) groups excluding carboxylic acids is 1. The fourth-order valence-electron chi connectivity index (χ4n) is 2.05. The Morgan fingerprint density at radius 2 is 2.16 bits per heavy atom. The van der Waals surface area contributed by atoms with Gasteiger partial charge in [0.1, 0.15) is 4.60 Å². The van der Waals surface area contributed by atoms with E-state index in [-0.39, 0.29) is 5.91 Å². The lowest BCUT2D eigenvalue weighted by molar-refractivity contribution is 0.0940. The van der Waals surface area contributed by atoms with Gasteiger partial charge in [-0.2, -0.15) is 0 Å². The molecule has 5 nitrogen and oxygen atoms in total. The number of nitrogens with zero attached hydrogens (tertiary/aromatic N) is 3. The normalized spacial score (nSPS) is 17.4. The topological polar surface area (TPSA) is 48.5 Å². The summed E-state index contributed by atoms with van der Waals surface area (Å²) in [4.78, 5) is 20.7. The number of amides is 1. The molecule has 104 valence electrons. The van der Waals surface area contributed by atoms with Crippen molar-refractivity contribution in [1.82, 2.24) is 20.1 Å². The average molecular weight is 327 g/mol. The first kappa shape index (κ1) is 14.4. The van der Waals surface area contributed by atoms with E-state index in [1.165, 1.54) is 0 Å². The first-order chi connectivity index (χ1) is 9.16. The first-order valence-corrected chi connectivity index (χ1v) is 7.26. The fraction of sp³-hybridized carbons (Fsp3) is 0.538. The lowest BCUT2D eigenvalue weighted by Crippen LogP contribution is -2.46. The second-order valence-electron chi connectivity index (χ2n) is 4.74. The van der Waals surface area contributed by atoms with Crippen LogP contribution >= 0.6 is 15.9 Å². The lowest BCUT2D eigenvalue weighted by Gasteiger charge is -2.32. The minimum absolute atomic E-state index is 0.0749. The van der Waals surface area contributed by atoms with Gasteiger partial charge in [0.2, 0.25) is 0 Å². The molecular formula is C13H19BrN4O. The van der Waals surface area contributed by atoms with Crippen LogP contribution < -0.4 is 5.32 Å². The Kier molecular flexibility index (Phi) is 5.30. The maximum Gasteiger partial charge on any atom is 0.254 e. The highest BCUT2D eigenvalue weighted by atomic mass is 79.9. The molecule has 0 spiro atoms. The Morgan fingerprint density at radius 3 is 2.84 bits per heavy atom. The molecule has 0 radical (unpaired) electrons. The van der Waals surface area contributed by atoms with Crippen LogP contribution in [0.3, 0.4) is 0 Å². The predicted molar refractivity (Wildman–Crippen MR) is 78.2 cm³/mol. The van der Waals surface area contributed by atoms with Crippen LogP contribution in [0.25, 0.3) is 0 Å². The molecule has 6 heteroatoms. The summed E-state index contributed by atoms with van der Waals surface area (Å²) < 4.78 is 0.590. The minimum Gasteiger partial charge on any atom is -0.351 e.